The lowest BCUT2D eigenvalue weighted by Gasteiger charge is -2.01. The quantitative estimate of drug-likeness (QED) is 0.757. The molecule has 0 spiro atoms. The van der Waals surface area contributed by atoms with Crippen LogP contribution in [-0.2, 0) is 10.2 Å². The molecule has 0 aliphatic carbocycles. The summed E-state index contributed by atoms with van der Waals surface area (Å²) in [5.74, 6) is 0.803. The van der Waals surface area contributed by atoms with Crippen molar-refractivity contribution in [2.75, 3.05) is 5.88 Å². The number of aromatic nitrogens is 2. The standard InChI is InChI=1S/C5H4Cl4N2O/c6-2-1-3-10-4(12-11-3)5(7,8)9/h1-2H2. The van der Waals surface area contributed by atoms with Crippen LogP contribution in [0.3, 0.4) is 0 Å². The van der Waals surface area contributed by atoms with Gasteiger partial charge >= 0.3 is 0 Å². The van der Waals surface area contributed by atoms with Gasteiger partial charge in [0.05, 0.1) is 0 Å². The molecule has 0 bridgehead atoms. The van der Waals surface area contributed by atoms with E-state index in [4.69, 9.17) is 46.4 Å². The number of rotatable bonds is 2. The second kappa shape index (κ2) is 4.01. The van der Waals surface area contributed by atoms with Gasteiger partial charge in [-0.1, -0.05) is 40.0 Å². The molecule has 0 atom stereocenters. The van der Waals surface area contributed by atoms with Crippen molar-refractivity contribution >= 4 is 46.4 Å². The Labute approximate surface area is 88.9 Å². The molecular weight excluding hydrogens is 246 g/mol. The molecule has 0 saturated carbocycles. The molecule has 1 rings (SSSR count). The number of halogens is 4. The van der Waals surface area contributed by atoms with Gasteiger partial charge in [-0.15, -0.1) is 11.6 Å². The van der Waals surface area contributed by atoms with Gasteiger partial charge in [-0.2, -0.15) is 4.98 Å². The van der Waals surface area contributed by atoms with E-state index in [9.17, 15) is 0 Å². The van der Waals surface area contributed by atoms with Crippen LogP contribution in [0, 0.1) is 0 Å². The first-order valence-corrected chi connectivity index (χ1v) is 4.66. The van der Waals surface area contributed by atoms with Crippen molar-refractivity contribution in [3.63, 3.8) is 0 Å². The number of alkyl halides is 4. The second-order valence-corrected chi connectivity index (χ2v) is 4.61. The lowest BCUT2D eigenvalue weighted by molar-refractivity contribution is 0.377. The Bertz CT molecular complexity index is 256. The van der Waals surface area contributed by atoms with Crippen LogP contribution in [0.1, 0.15) is 11.7 Å². The Hall–Kier alpha value is 0.300. The maximum absolute atomic E-state index is 5.47. The van der Waals surface area contributed by atoms with E-state index in [1.54, 1.807) is 0 Å². The fraction of sp³-hybridized carbons (Fsp3) is 0.600. The first kappa shape index (κ1) is 10.4. The zero-order chi connectivity index (χ0) is 9.19. The molecular formula is C5H4Cl4N2O. The minimum absolute atomic E-state index is 0.0346. The van der Waals surface area contributed by atoms with Gasteiger partial charge in [-0.3, -0.25) is 0 Å². The van der Waals surface area contributed by atoms with E-state index in [-0.39, 0.29) is 5.89 Å². The van der Waals surface area contributed by atoms with E-state index in [0.29, 0.717) is 18.1 Å². The van der Waals surface area contributed by atoms with Gasteiger partial charge < -0.3 is 4.52 Å². The molecule has 0 aromatic carbocycles. The Balaban J connectivity index is 2.77. The van der Waals surface area contributed by atoms with Crippen LogP contribution >= 0.6 is 46.4 Å². The molecule has 0 aliphatic heterocycles. The molecule has 68 valence electrons. The molecule has 3 nitrogen and oxygen atoms in total. The summed E-state index contributed by atoms with van der Waals surface area (Å²) >= 11 is 21.9. The molecule has 1 heterocycles. The smallest absolute Gasteiger partial charge is 0.278 e. The van der Waals surface area contributed by atoms with Crippen molar-refractivity contribution in [3.8, 4) is 0 Å². The lowest BCUT2D eigenvalue weighted by Crippen LogP contribution is -2.00. The van der Waals surface area contributed by atoms with E-state index in [2.05, 4.69) is 14.7 Å². The van der Waals surface area contributed by atoms with Crippen LogP contribution in [0.25, 0.3) is 0 Å². The minimum atomic E-state index is -1.66. The highest BCUT2D eigenvalue weighted by molar-refractivity contribution is 6.66. The van der Waals surface area contributed by atoms with E-state index >= 15 is 0 Å². The molecule has 7 heteroatoms. The fourth-order valence-corrected chi connectivity index (χ4v) is 0.954. The monoisotopic (exact) mass is 248 g/mol. The maximum atomic E-state index is 5.47. The van der Waals surface area contributed by atoms with Crippen molar-refractivity contribution in [1.29, 1.82) is 0 Å². The topological polar surface area (TPSA) is 38.9 Å². The maximum Gasteiger partial charge on any atom is 0.278 e. The molecule has 0 aliphatic rings. The van der Waals surface area contributed by atoms with Gasteiger partial charge in [-0.05, 0) is 0 Å². The average Bonchev–Trinajstić information content (AvgIpc) is 2.35. The van der Waals surface area contributed by atoms with Crippen molar-refractivity contribution in [2.24, 2.45) is 0 Å². The summed E-state index contributed by atoms with van der Waals surface area (Å²) in [4.78, 5) is 3.81. The van der Waals surface area contributed by atoms with Crippen LogP contribution in [0.5, 0.6) is 0 Å². The Morgan fingerprint density at radius 1 is 1.33 bits per heavy atom. The summed E-state index contributed by atoms with van der Waals surface area (Å²) in [6.07, 6.45) is 0.492. The summed E-state index contributed by atoms with van der Waals surface area (Å²) in [5.41, 5.74) is 0. The zero-order valence-electron chi connectivity index (χ0n) is 5.73. The summed E-state index contributed by atoms with van der Waals surface area (Å²) in [5, 5.41) is 3.55. The molecule has 0 radical (unpaired) electrons. The summed E-state index contributed by atoms with van der Waals surface area (Å²) < 4.78 is 3.01. The van der Waals surface area contributed by atoms with Crippen molar-refractivity contribution in [3.05, 3.63) is 11.7 Å². The molecule has 1 aromatic rings. The molecule has 0 amide bonds. The zero-order valence-corrected chi connectivity index (χ0v) is 8.75. The van der Waals surface area contributed by atoms with E-state index in [1.807, 2.05) is 0 Å². The Morgan fingerprint density at radius 2 is 2.00 bits per heavy atom. The molecule has 12 heavy (non-hydrogen) atoms. The third-order valence-corrected chi connectivity index (χ3v) is 1.70. The highest BCUT2D eigenvalue weighted by Crippen LogP contribution is 2.36. The van der Waals surface area contributed by atoms with Crippen molar-refractivity contribution in [1.82, 2.24) is 10.1 Å². The number of hydrogen-bond acceptors (Lipinski definition) is 3. The predicted molar refractivity (Wildman–Crippen MR) is 48.0 cm³/mol. The molecule has 0 unspecified atom stereocenters. The SMILES string of the molecule is ClCCc1noc(C(Cl)(Cl)Cl)n1. The molecule has 1 aromatic heterocycles. The predicted octanol–water partition coefficient (Wildman–Crippen LogP) is 2.68. The van der Waals surface area contributed by atoms with Crippen molar-refractivity contribution in [2.45, 2.75) is 10.2 Å². The average molecular weight is 250 g/mol. The van der Waals surface area contributed by atoms with Gasteiger partial charge in [0.15, 0.2) is 5.82 Å². The van der Waals surface area contributed by atoms with Crippen LogP contribution in [0.2, 0.25) is 0 Å². The highest BCUT2D eigenvalue weighted by Gasteiger charge is 2.30. The number of nitrogens with zero attached hydrogens (tertiary/aromatic N) is 2. The summed E-state index contributed by atoms with van der Waals surface area (Å²) in [7, 11) is 0. The van der Waals surface area contributed by atoms with E-state index in [0.717, 1.165) is 0 Å². The Kier molecular flexibility index (Phi) is 3.47. The Morgan fingerprint density at radius 3 is 2.42 bits per heavy atom. The van der Waals surface area contributed by atoms with Crippen LogP contribution in [0.15, 0.2) is 4.52 Å². The third-order valence-electron chi connectivity index (χ3n) is 1.03. The number of aryl methyl sites for hydroxylation is 1. The van der Waals surface area contributed by atoms with Gasteiger partial charge in [0, 0.05) is 12.3 Å². The minimum Gasteiger partial charge on any atom is -0.335 e. The van der Waals surface area contributed by atoms with Crippen LogP contribution in [-0.4, -0.2) is 16.0 Å². The largest absolute Gasteiger partial charge is 0.335 e. The molecule has 0 N–H and O–H groups in total. The normalized spacial score (nSPS) is 12.0. The van der Waals surface area contributed by atoms with Gasteiger partial charge in [-0.25, -0.2) is 0 Å². The first-order chi connectivity index (χ1) is 5.54. The van der Waals surface area contributed by atoms with Gasteiger partial charge in [0.1, 0.15) is 0 Å². The number of hydrogen-bond donors (Lipinski definition) is 0. The van der Waals surface area contributed by atoms with Crippen LogP contribution < -0.4 is 0 Å². The highest BCUT2D eigenvalue weighted by atomic mass is 35.6. The van der Waals surface area contributed by atoms with Gasteiger partial charge in [0.2, 0.25) is 0 Å². The van der Waals surface area contributed by atoms with Gasteiger partial charge in [0.25, 0.3) is 9.68 Å². The lowest BCUT2D eigenvalue weighted by atomic mass is 10.5. The fourth-order valence-electron chi connectivity index (χ4n) is 0.555. The van der Waals surface area contributed by atoms with E-state index < -0.39 is 3.79 Å². The van der Waals surface area contributed by atoms with E-state index in [1.165, 1.54) is 0 Å². The molecule has 0 saturated heterocycles. The summed E-state index contributed by atoms with van der Waals surface area (Å²) in [6, 6.07) is 0. The second-order valence-electron chi connectivity index (χ2n) is 1.95. The third kappa shape index (κ3) is 2.66. The molecule has 0 fully saturated rings. The van der Waals surface area contributed by atoms with Crippen LogP contribution in [0.4, 0.5) is 0 Å². The van der Waals surface area contributed by atoms with Crippen molar-refractivity contribution < 1.29 is 4.52 Å². The summed E-state index contributed by atoms with van der Waals surface area (Å²) in [6.45, 7) is 0. The first-order valence-electron chi connectivity index (χ1n) is 3.00.